The van der Waals surface area contributed by atoms with Gasteiger partial charge in [-0.25, -0.2) is 4.79 Å². The molecular formula is C15H22N6O2. The zero-order chi connectivity index (χ0) is 16.2. The molecule has 1 aliphatic heterocycles. The number of aryl methyl sites for hydroxylation is 1. The molecule has 2 aromatic rings. The van der Waals surface area contributed by atoms with Crippen LogP contribution in [0.25, 0.3) is 0 Å². The highest BCUT2D eigenvalue weighted by atomic mass is 16.5. The Morgan fingerprint density at radius 3 is 3.09 bits per heavy atom. The van der Waals surface area contributed by atoms with Crippen molar-refractivity contribution in [2.45, 2.75) is 51.6 Å². The van der Waals surface area contributed by atoms with E-state index in [9.17, 15) is 4.79 Å². The standard InChI is InChI=1S/C15H22N6O2/c1-3-12(14-18-10(2)23-20-14)19-15(22)21-7-5-4-6-13(21)11-8-16-17-9-11/h8-9,12-13H,3-7H2,1-2H3,(H,16,17)(H,19,22)/t12-,13-/m1/s1. The largest absolute Gasteiger partial charge is 0.340 e. The van der Waals surface area contributed by atoms with Crippen molar-refractivity contribution in [2.24, 2.45) is 0 Å². The molecule has 0 spiro atoms. The molecule has 0 unspecified atom stereocenters. The van der Waals surface area contributed by atoms with Crippen molar-refractivity contribution < 1.29 is 9.32 Å². The topological polar surface area (TPSA) is 99.9 Å². The van der Waals surface area contributed by atoms with Crippen LogP contribution < -0.4 is 5.32 Å². The van der Waals surface area contributed by atoms with Gasteiger partial charge in [0.15, 0.2) is 5.82 Å². The number of piperidine rings is 1. The highest BCUT2D eigenvalue weighted by Gasteiger charge is 2.30. The Hall–Kier alpha value is -2.38. The molecule has 2 N–H and O–H groups in total. The molecule has 8 nitrogen and oxygen atoms in total. The van der Waals surface area contributed by atoms with Crippen LogP contribution in [0.2, 0.25) is 0 Å². The first-order chi connectivity index (χ1) is 11.2. The number of rotatable bonds is 4. The monoisotopic (exact) mass is 318 g/mol. The maximum atomic E-state index is 12.8. The number of hydrogen-bond acceptors (Lipinski definition) is 5. The Kier molecular flexibility index (Phi) is 4.59. The van der Waals surface area contributed by atoms with Crippen LogP contribution in [0.15, 0.2) is 16.9 Å². The first-order valence-electron chi connectivity index (χ1n) is 8.05. The molecule has 3 rings (SSSR count). The van der Waals surface area contributed by atoms with E-state index in [4.69, 9.17) is 4.52 Å². The molecule has 0 saturated carbocycles. The second kappa shape index (κ2) is 6.80. The molecular weight excluding hydrogens is 296 g/mol. The SMILES string of the molecule is CC[C@@H](NC(=O)N1CCCC[C@@H]1c1cn[nH]c1)c1noc(C)n1. The average molecular weight is 318 g/mol. The van der Waals surface area contributed by atoms with E-state index in [1.165, 1.54) is 0 Å². The molecule has 2 aromatic heterocycles. The van der Waals surface area contributed by atoms with Gasteiger partial charge < -0.3 is 14.7 Å². The van der Waals surface area contributed by atoms with E-state index in [1.54, 1.807) is 13.1 Å². The quantitative estimate of drug-likeness (QED) is 0.902. The fraction of sp³-hybridized carbons (Fsp3) is 0.600. The van der Waals surface area contributed by atoms with Gasteiger partial charge in [0, 0.05) is 25.2 Å². The van der Waals surface area contributed by atoms with Gasteiger partial charge in [0.05, 0.1) is 18.3 Å². The van der Waals surface area contributed by atoms with Crippen LogP contribution in [0, 0.1) is 6.92 Å². The van der Waals surface area contributed by atoms with Crippen molar-refractivity contribution in [3.8, 4) is 0 Å². The van der Waals surface area contributed by atoms with Crippen molar-refractivity contribution in [1.29, 1.82) is 0 Å². The molecule has 124 valence electrons. The number of urea groups is 1. The van der Waals surface area contributed by atoms with E-state index in [0.717, 1.165) is 31.4 Å². The summed E-state index contributed by atoms with van der Waals surface area (Å²) in [5.41, 5.74) is 1.04. The summed E-state index contributed by atoms with van der Waals surface area (Å²) in [6, 6.07) is -0.274. The fourth-order valence-corrected chi connectivity index (χ4v) is 3.00. The lowest BCUT2D eigenvalue weighted by Gasteiger charge is -2.36. The number of carbonyl (C=O) groups excluding carboxylic acids is 1. The number of nitrogens with one attached hydrogen (secondary N) is 2. The highest BCUT2D eigenvalue weighted by Crippen LogP contribution is 2.30. The average Bonchev–Trinajstić information content (AvgIpc) is 3.24. The van der Waals surface area contributed by atoms with Gasteiger partial charge in [0.25, 0.3) is 0 Å². The van der Waals surface area contributed by atoms with Gasteiger partial charge in [-0.15, -0.1) is 0 Å². The van der Waals surface area contributed by atoms with Gasteiger partial charge in [0.2, 0.25) is 5.89 Å². The second-order valence-corrected chi connectivity index (χ2v) is 5.82. The molecule has 0 radical (unpaired) electrons. The maximum Gasteiger partial charge on any atom is 0.318 e. The lowest BCUT2D eigenvalue weighted by molar-refractivity contribution is 0.147. The minimum Gasteiger partial charge on any atom is -0.340 e. The molecule has 23 heavy (non-hydrogen) atoms. The summed E-state index contributed by atoms with van der Waals surface area (Å²) >= 11 is 0. The van der Waals surface area contributed by atoms with Gasteiger partial charge in [-0.2, -0.15) is 10.1 Å². The third kappa shape index (κ3) is 3.35. The number of H-pyrrole nitrogens is 1. The van der Waals surface area contributed by atoms with Gasteiger partial charge in [0.1, 0.15) is 0 Å². The highest BCUT2D eigenvalue weighted by molar-refractivity contribution is 5.75. The molecule has 0 aliphatic carbocycles. The Morgan fingerprint density at radius 2 is 2.43 bits per heavy atom. The normalized spacial score (nSPS) is 19.6. The zero-order valence-corrected chi connectivity index (χ0v) is 13.5. The molecule has 0 bridgehead atoms. The Morgan fingerprint density at radius 1 is 1.57 bits per heavy atom. The van der Waals surface area contributed by atoms with Crippen LogP contribution in [0.5, 0.6) is 0 Å². The molecule has 1 aliphatic rings. The second-order valence-electron chi connectivity index (χ2n) is 5.82. The summed E-state index contributed by atoms with van der Waals surface area (Å²) < 4.78 is 5.02. The van der Waals surface area contributed by atoms with E-state index in [0.29, 0.717) is 18.1 Å². The number of nitrogens with zero attached hydrogens (tertiary/aromatic N) is 4. The van der Waals surface area contributed by atoms with E-state index in [-0.39, 0.29) is 18.1 Å². The molecule has 1 saturated heterocycles. The summed E-state index contributed by atoms with van der Waals surface area (Å²) in [6.07, 6.45) is 7.42. The van der Waals surface area contributed by atoms with Crippen LogP contribution in [0.3, 0.4) is 0 Å². The third-order valence-electron chi connectivity index (χ3n) is 4.23. The predicted octanol–water partition coefficient (Wildman–Crippen LogP) is 2.49. The first kappa shape index (κ1) is 15.5. The van der Waals surface area contributed by atoms with Crippen LogP contribution in [0.1, 0.15) is 62.0 Å². The smallest absolute Gasteiger partial charge is 0.318 e. The van der Waals surface area contributed by atoms with E-state index >= 15 is 0 Å². The van der Waals surface area contributed by atoms with Crippen LogP contribution in [-0.2, 0) is 0 Å². The lowest BCUT2D eigenvalue weighted by Crippen LogP contribution is -2.45. The molecule has 0 aromatic carbocycles. The fourth-order valence-electron chi connectivity index (χ4n) is 3.00. The molecule has 8 heteroatoms. The van der Waals surface area contributed by atoms with Gasteiger partial charge in [-0.05, 0) is 25.7 Å². The van der Waals surface area contributed by atoms with Crippen molar-refractivity contribution in [2.75, 3.05) is 6.54 Å². The van der Waals surface area contributed by atoms with Crippen molar-refractivity contribution in [3.05, 3.63) is 29.7 Å². The van der Waals surface area contributed by atoms with E-state index in [1.807, 2.05) is 18.0 Å². The summed E-state index contributed by atoms with van der Waals surface area (Å²) in [5.74, 6) is 1.03. The minimum absolute atomic E-state index is 0.0620. The number of likely N-dealkylation sites (tertiary alicyclic amines) is 1. The molecule has 3 heterocycles. The number of aromatic amines is 1. The summed E-state index contributed by atoms with van der Waals surface area (Å²) in [7, 11) is 0. The Labute approximate surface area is 134 Å². The summed E-state index contributed by atoms with van der Waals surface area (Å²) in [4.78, 5) is 18.9. The van der Waals surface area contributed by atoms with E-state index < -0.39 is 0 Å². The number of carbonyl (C=O) groups is 1. The van der Waals surface area contributed by atoms with Crippen LogP contribution in [0.4, 0.5) is 4.79 Å². The summed E-state index contributed by atoms with van der Waals surface area (Å²) in [5, 5.41) is 13.8. The Bertz CT molecular complexity index is 638. The first-order valence-corrected chi connectivity index (χ1v) is 8.05. The number of amides is 2. The molecule has 2 atom stereocenters. The molecule has 2 amide bonds. The zero-order valence-electron chi connectivity index (χ0n) is 13.5. The third-order valence-corrected chi connectivity index (χ3v) is 4.23. The van der Waals surface area contributed by atoms with Crippen molar-refractivity contribution in [3.63, 3.8) is 0 Å². The number of aromatic nitrogens is 4. The Balaban J connectivity index is 1.72. The minimum atomic E-state index is -0.244. The van der Waals surface area contributed by atoms with Gasteiger partial charge >= 0.3 is 6.03 Å². The number of hydrogen-bond donors (Lipinski definition) is 2. The van der Waals surface area contributed by atoms with Gasteiger partial charge in [-0.1, -0.05) is 12.1 Å². The maximum absolute atomic E-state index is 12.8. The van der Waals surface area contributed by atoms with Crippen molar-refractivity contribution >= 4 is 6.03 Å². The molecule has 1 fully saturated rings. The van der Waals surface area contributed by atoms with Gasteiger partial charge in [-0.3, -0.25) is 5.10 Å². The van der Waals surface area contributed by atoms with E-state index in [2.05, 4.69) is 25.7 Å². The lowest BCUT2D eigenvalue weighted by atomic mass is 9.98. The van der Waals surface area contributed by atoms with Crippen molar-refractivity contribution in [1.82, 2.24) is 30.6 Å². The van der Waals surface area contributed by atoms with Crippen LogP contribution >= 0.6 is 0 Å². The van der Waals surface area contributed by atoms with Crippen LogP contribution in [-0.4, -0.2) is 37.8 Å². The summed E-state index contributed by atoms with van der Waals surface area (Å²) in [6.45, 7) is 4.47. The predicted molar refractivity (Wildman–Crippen MR) is 82.5 cm³/mol.